The number of carbonyl (C=O) groups excluding carboxylic acids is 1. The van der Waals surface area contributed by atoms with Crippen LogP contribution in [0.3, 0.4) is 0 Å². The van der Waals surface area contributed by atoms with Crippen molar-refractivity contribution in [3.05, 3.63) is 0 Å². The van der Waals surface area contributed by atoms with Crippen molar-refractivity contribution in [3.8, 4) is 0 Å². The molecule has 12 heavy (non-hydrogen) atoms. The number of amides is 1. The number of aliphatic imine (C=N–C) groups is 1. The third-order valence-electron chi connectivity index (χ3n) is 2.49. The van der Waals surface area contributed by atoms with E-state index in [1.807, 2.05) is 0 Å². The van der Waals surface area contributed by atoms with Gasteiger partial charge in [0.15, 0.2) is 11.4 Å². The van der Waals surface area contributed by atoms with Gasteiger partial charge in [0.05, 0.1) is 0 Å². The zero-order chi connectivity index (χ0) is 8.98. The van der Waals surface area contributed by atoms with E-state index in [2.05, 4.69) is 18.8 Å². The summed E-state index contributed by atoms with van der Waals surface area (Å²) in [6.45, 7) is 4.25. The first kappa shape index (κ1) is 7.58. The number of nitrogens with zero attached hydrogens (tertiary/aromatic N) is 1. The molecule has 0 aromatic carbocycles. The molecular formula is C8H12N2O2. The van der Waals surface area contributed by atoms with Gasteiger partial charge in [0, 0.05) is 0 Å². The highest BCUT2D eigenvalue weighted by atomic mass is 16.6. The highest BCUT2D eigenvalue weighted by molar-refractivity contribution is 6.02. The van der Waals surface area contributed by atoms with Crippen molar-refractivity contribution in [3.63, 3.8) is 0 Å². The Kier molecular flexibility index (Phi) is 1.14. The fraction of sp³-hybridized carbons (Fsp3) is 0.750. The maximum atomic E-state index is 10.8. The van der Waals surface area contributed by atoms with E-state index < -0.39 is 11.7 Å². The molecule has 0 atom stereocenters. The minimum Gasteiger partial charge on any atom is -0.433 e. The normalized spacial score (nSPS) is 29.5. The molecular weight excluding hydrogens is 156 g/mol. The molecule has 4 heteroatoms. The van der Waals surface area contributed by atoms with Crippen LogP contribution in [-0.2, 0) is 4.74 Å². The molecule has 2 aliphatic rings. The molecule has 0 radical (unpaired) electrons. The van der Waals surface area contributed by atoms with Crippen LogP contribution in [0.15, 0.2) is 4.99 Å². The van der Waals surface area contributed by atoms with Gasteiger partial charge in [-0.25, -0.2) is 4.79 Å². The van der Waals surface area contributed by atoms with E-state index in [-0.39, 0.29) is 5.41 Å². The quantitative estimate of drug-likeness (QED) is 0.588. The van der Waals surface area contributed by atoms with Gasteiger partial charge in [-0.15, -0.1) is 0 Å². The molecule has 0 unspecified atom stereocenters. The molecule has 1 amide bonds. The Morgan fingerprint density at radius 1 is 1.50 bits per heavy atom. The van der Waals surface area contributed by atoms with Crippen molar-refractivity contribution in [2.45, 2.75) is 32.3 Å². The monoisotopic (exact) mass is 168 g/mol. The van der Waals surface area contributed by atoms with E-state index in [0.29, 0.717) is 5.84 Å². The van der Waals surface area contributed by atoms with Crippen LogP contribution in [0.2, 0.25) is 0 Å². The summed E-state index contributed by atoms with van der Waals surface area (Å²) in [5, 5.41) is 0. The average molecular weight is 168 g/mol. The number of rotatable bonds is 0. The lowest BCUT2D eigenvalue weighted by atomic mass is 9.61. The van der Waals surface area contributed by atoms with Gasteiger partial charge in [-0.2, -0.15) is 4.99 Å². The van der Waals surface area contributed by atoms with Gasteiger partial charge >= 0.3 is 6.09 Å². The molecule has 1 aliphatic heterocycles. The second-order valence-corrected chi connectivity index (χ2v) is 4.38. The molecule has 1 fully saturated rings. The zero-order valence-corrected chi connectivity index (χ0v) is 7.26. The van der Waals surface area contributed by atoms with Crippen LogP contribution in [0.4, 0.5) is 4.79 Å². The van der Waals surface area contributed by atoms with E-state index in [9.17, 15) is 4.79 Å². The van der Waals surface area contributed by atoms with Crippen molar-refractivity contribution >= 4 is 11.9 Å². The average Bonchev–Trinajstić information content (AvgIpc) is 2.04. The Bertz CT molecular complexity index is 273. The van der Waals surface area contributed by atoms with E-state index in [1.165, 1.54) is 0 Å². The standard InChI is InChI=1S/C8H12N2O2/c1-7(2)3-8(4-7)5(9)10-6(11)12-8/h3-4H2,1-2H3,(H2,9,10,11). The maximum Gasteiger partial charge on any atom is 0.436 e. The van der Waals surface area contributed by atoms with Crippen molar-refractivity contribution in [2.75, 3.05) is 0 Å². The molecule has 0 aromatic rings. The molecule has 0 saturated heterocycles. The molecule has 1 heterocycles. The summed E-state index contributed by atoms with van der Waals surface area (Å²) in [5.74, 6) is 0.354. The largest absolute Gasteiger partial charge is 0.436 e. The van der Waals surface area contributed by atoms with E-state index in [0.717, 1.165) is 12.8 Å². The molecule has 1 aliphatic carbocycles. The Hall–Kier alpha value is -1.06. The number of amidine groups is 1. The minimum absolute atomic E-state index is 0.227. The smallest absolute Gasteiger partial charge is 0.433 e. The van der Waals surface area contributed by atoms with E-state index >= 15 is 0 Å². The Morgan fingerprint density at radius 2 is 2.08 bits per heavy atom. The van der Waals surface area contributed by atoms with Crippen molar-refractivity contribution in [2.24, 2.45) is 16.1 Å². The summed E-state index contributed by atoms with van der Waals surface area (Å²) < 4.78 is 5.07. The Labute approximate surface area is 70.8 Å². The predicted molar refractivity (Wildman–Crippen MR) is 43.8 cm³/mol. The second-order valence-electron chi connectivity index (χ2n) is 4.38. The third kappa shape index (κ3) is 0.838. The third-order valence-corrected chi connectivity index (χ3v) is 2.49. The molecule has 66 valence electrons. The van der Waals surface area contributed by atoms with Crippen LogP contribution in [0.1, 0.15) is 26.7 Å². The number of carbonyl (C=O) groups is 1. The maximum absolute atomic E-state index is 10.8. The van der Waals surface area contributed by atoms with E-state index in [1.54, 1.807) is 0 Å². The number of hydrogen-bond acceptors (Lipinski definition) is 3. The van der Waals surface area contributed by atoms with Gasteiger partial charge in [-0.1, -0.05) is 13.8 Å². The Balaban J connectivity index is 2.19. The molecule has 1 spiro atoms. The molecule has 1 saturated carbocycles. The molecule has 0 aromatic heterocycles. The highest BCUT2D eigenvalue weighted by Crippen LogP contribution is 2.51. The predicted octanol–water partition coefficient (Wildman–Crippen LogP) is 1.05. The first-order valence-corrected chi connectivity index (χ1v) is 4.01. The van der Waals surface area contributed by atoms with Gasteiger partial charge in [-0.05, 0) is 18.3 Å². The first-order chi connectivity index (χ1) is 5.44. The van der Waals surface area contributed by atoms with Crippen LogP contribution >= 0.6 is 0 Å². The van der Waals surface area contributed by atoms with Crippen LogP contribution in [0.5, 0.6) is 0 Å². The summed E-state index contributed by atoms with van der Waals surface area (Å²) >= 11 is 0. The van der Waals surface area contributed by atoms with Crippen LogP contribution < -0.4 is 5.73 Å². The van der Waals surface area contributed by atoms with E-state index in [4.69, 9.17) is 10.5 Å². The highest BCUT2D eigenvalue weighted by Gasteiger charge is 2.57. The summed E-state index contributed by atoms with van der Waals surface area (Å²) in [5.41, 5.74) is 5.28. The van der Waals surface area contributed by atoms with Gasteiger partial charge in [0.2, 0.25) is 0 Å². The number of nitrogens with two attached hydrogens (primary N) is 1. The molecule has 4 nitrogen and oxygen atoms in total. The molecule has 2 rings (SSSR count). The second kappa shape index (κ2) is 1.81. The fourth-order valence-electron chi connectivity index (χ4n) is 2.19. The molecule has 0 bridgehead atoms. The topological polar surface area (TPSA) is 64.7 Å². The lowest BCUT2D eigenvalue weighted by molar-refractivity contribution is -0.0555. The van der Waals surface area contributed by atoms with Crippen LogP contribution in [-0.4, -0.2) is 17.5 Å². The fourth-order valence-corrected chi connectivity index (χ4v) is 2.19. The zero-order valence-electron chi connectivity index (χ0n) is 7.26. The van der Waals surface area contributed by atoms with Gasteiger partial charge < -0.3 is 10.5 Å². The lowest BCUT2D eigenvalue weighted by Gasteiger charge is -2.48. The first-order valence-electron chi connectivity index (χ1n) is 4.01. The number of hydrogen-bond donors (Lipinski definition) is 1. The summed E-state index contributed by atoms with van der Waals surface area (Å²) in [6, 6.07) is 0. The summed E-state index contributed by atoms with van der Waals surface area (Å²) in [6.07, 6.45) is 1.05. The van der Waals surface area contributed by atoms with Crippen LogP contribution in [0, 0.1) is 5.41 Å². The molecule has 2 N–H and O–H groups in total. The minimum atomic E-state index is -0.541. The lowest BCUT2D eigenvalue weighted by Crippen LogP contribution is -2.56. The summed E-state index contributed by atoms with van der Waals surface area (Å²) in [4.78, 5) is 14.3. The van der Waals surface area contributed by atoms with Gasteiger partial charge in [0.25, 0.3) is 0 Å². The number of ether oxygens (including phenoxy) is 1. The van der Waals surface area contributed by atoms with Crippen molar-refractivity contribution < 1.29 is 9.53 Å². The van der Waals surface area contributed by atoms with Gasteiger partial charge in [0.1, 0.15) is 0 Å². The summed E-state index contributed by atoms with van der Waals surface area (Å²) in [7, 11) is 0. The van der Waals surface area contributed by atoms with Crippen molar-refractivity contribution in [1.82, 2.24) is 0 Å². The Morgan fingerprint density at radius 3 is 2.42 bits per heavy atom. The SMILES string of the molecule is CC1(C)CC2(C1)OC(=O)N=C2N. The van der Waals surface area contributed by atoms with Gasteiger partial charge in [-0.3, -0.25) is 0 Å². The van der Waals surface area contributed by atoms with Crippen molar-refractivity contribution in [1.29, 1.82) is 0 Å². The van der Waals surface area contributed by atoms with Crippen LogP contribution in [0.25, 0.3) is 0 Å².